The number of aromatic nitrogens is 3. The van der Waals surface area contributed by atoms with Crippen LogP contribution in [-0.2, 0) is 0 Å². The van der Waals surface area contributed by atoms with E-state index in [-0.39, 0.29) is 5.56 Å². The van der Waals surface area contributed by atoms with Crippen LogP contribution in [0.4, 0.5) is 0 Å². The Morgan fingerprint density at radius 1 is 0.839 bits per heavy atom. The average molecular weight is 404 g/mol. The zero-order valence-corrected chi connectivity index (χ0v) is 17.3. The van der Waals surface area contributed by atoms with Gasteiger partial charge in [0.2, 0.25) is 0 Å². The van der Waals surface area contributed by atoms with Crippen LogP contribution in [0.2, 0.25) is 0 Å². The van der Waals surface area contributed by atoms with Gasteiger partial charge >= 0.3 is 0 Å². The lowest BCUT2D eigenvalue weighted by molar-refractivity contribution is 0.830. The molecule has 0 spiro atoms. The van der Waals surface area contributed by atoms with E-state index in [1.54, 1.807) is 18.5 Å². The third kappa shape index (κ3) is 3.51. The monoisotopic (exact) mass is 404 g/mol. The highest BCUT2D eigenvalue weighted by atomic mass is 16.1. The molecule has 5 aromatic rings. The minimum absolute atomic E-state index is 0.213. The lowest BCUT2D eigenvalue weighted by atomic mass is 10.1. The first-order valence-electron chi connectivity index (χ1n) is 10.1. The smallest absolute Gasteiger partial charge is 0.267 e. The molecule has 0 unspecified atom stereocenters. The topological polar surface area (TPSA) is 60.1 Å². The molecular formula is C26H20N4O. The lowest BCUT2D eigenvalue weighted by Crippen LogP contribution is -2.20. The zero-order chi connectivity index (χ0) is 21.4. The van der Waals surface area contributed by atoms with Crippen LogP contribution in [0.3, 0.4) is 0 Å². The molecule has 0 bridgehead atoms. The highest BCUT2D eigenvalue weighted by Crippen LogP contribution is 2.24. The van der Waals surface area contributed by atoms with E-state index in [9.17, 15) is 4.79 Å². The molecule has 0 aliphatic rings. The summed E-state index contributed by atoms with van der Waals surface area (Å²) in [7, 11) is 0. The molecule has 0 N–H and O–H groups in total. The van der Waals surface area contributed by atoms with Gasteiger partial charge < -0.3 is 0 Å². The van der Waals surface area contributed by atoms with Gasteiger partial charge in [-0.1, -0.05) is 59.7 Å². The number of hydrogen-bond acceptors (Lipinski definition) is 4. The number of pyridine rings is 1. The Balaban J connectivity index is 1.79. The molecule has 2 heterocycles. The summed E-state index contributed by atoms with van der Waals surface area (Å²) in [6.07, 6.45) is 3.43. The average Bonchev–Trinajstić information content (AvgIpc) is 2.80. The Hall–Kier alpha value is -4.12. The fourth-order valence-corrected chi connectivity index (χ4v) is 3.57. The maximum atomic E-state index is 13.5. The Kier molecular flexibility index (Phi) is 4.64. The highest BCUT2D eigenvalue weighted by molar-refractivity contribution is 6.03. The molecule has 31 heavy (non-hydrogen) atoms. The second kappa shape index (κ2) is 7.61. The van der Waals surface area contributed by atoms with E-state index in [0.717, 1.165) is 27.6 Å². The van der Waals surface area contributed by atoms with Crippen molar-refractivity contribution in [2.45, 2.75) is 13.8 Å². The van der Waals surface area contributed by atoms with Crippen LogP contribution in [0.25, 0.3) is 33.2 Å². The number of hydrogen-bond donors (Lipinski definition) is 0. The normalized spacial score (nSPS) is 11.5. The first kappa shape index (κ1) is 18.9. The van der Waals surface area contributed by atoms with Crippen molar-refractivity contribution in [2.75, 3.05) is 0 Å². The van der Waals surface area contributed by atoms with E-state index in [1.165, 1.54) is 10.2 Å². The third-order valence-corrected chi connectivity index (χ3v) is 5.31. The summed E-state index contributed by atoms with van der Waals surface area (Å²) < 4.78 is 1.38. The number of nitrogens with zero attached hydrogens (tertiary/aromatic N) is 4. The molecule has 5 rings (SSSR count). The van der Waals surface area contributed by atoms with Crippen LogP contribution in [-0.4, -0.2) is 20.9 Å². The molecule has 0 aliphatic carbocycles. The minimum atomic E-state index is -0.213. The number of fused-ring (bicyclic) bond motifs is 3. The Morgan fingerprint density at radius 3 is 2.29 bits per heavy atom. The molecule has 150 valence electrons. The van der Waals surface area contributed by atoms with Crippen molar-refractivity contribution >= 4 is 28.0 Å². The summed E-state index contributed by atoms with van der Waals surface area (Å²) >= 11 is 0. The minimum Gasteiger partial charge on any atom is -0.267 e. The second-order valence-corrected chi connectivity index (χ2v) is 7.61. The van der Waals surface area contributed by atoms with Crippen molar-refractivity contribution in [1.82, 2.24) is 14.6 Å². The van der Waals surface area contributed by atoms with Crippen molar-refractivity contribution < 1.29 is 0 Å². The fourth-order valence-electron chi connectivity index (χ4n) is 3.57. The summed E-state index contributed by atoms with van der Waals surface area (Å²) in [5.41, 5.74) is 5.26. The quantitative estimate of drug-likeness (QED) is 0.310. The second-order valence-electron chi connectivity index (χ2n) is 7.61. The molecular weight excluding hydrogens is 384 g/mol. The Morgan fingerprint density at radius 2 is 1.55 bits per heavy atom. The molecule has 0 fully saturated rings. The van der Waals surface area contributed by atoms with Crippen molar-refractivity contribution in [3.8, 4) is 11.4 Å². The largest absolute Gasteiger partial charge is 0.282 e. The number of rotatable bonds is 3. The maximum Gasteiger partial charge on any atom is 0.282 e. The van der Waals surface area contributed by atoms with Crippen molar-refractivity contribution in [3.63, 3.8) is 0 Å². The van der Waals surface area contributed by atoms with Crippen LogP contribution in [0.5, 0.6) is 0 Å². The zero-order valence-electron chi connectivity index (χ0n) is 17.3. The van der Waals surface area contributed by atoms with E-state index in [2.05, 4.69) is 10.1 Å². The summed E-state index contributed by atoms with van der Waals surface area (Å²) in [6.45, 7) is 4.06. The molecule has 0 atom stereocenters. The van der Waals surface area contributed by atoms with Gasteiger partial charge in [0.05, 0.1) is 22.6 Å². The first-order valence-corrected chi connectivity index (χ1v) is 10.1. The number of benzene rings is 3. The van der Waals surface area contributed by atoms with Crippen LogP contribution in [0.15, 0.2) is 88.9 Å². The molecule has 0 amide bonds. The summed E-state index contributed by atoms with van der Waals surface area (Å²) in [5.74, 6) is 0.497. The molecule has 0 saturated heterocycles. The summed E-state index contributed by atoms with van der Waals surface area (Å²) in [5, 5.41) is 5.89. The Bertz CT molecular complexity index is 1500. The van der Waals surface area contributed by atoms with Gasteiger partial charge in [0, 0.05) is 17.1 Å². The van der Waals surface area contributed by atoms with Gasteiger partial charge in [-0.3, -0.25) is 9.78 Å². The van der Waals surface area contributed by atoms with E-state index in [1.807, 2.05) is 80.6 Å². The predicted octanol–water partition coefficient (Wildman–Crippen LogP) is 5.11. The summed E-state index contributed by atoms with van der Waals surface area (Å²) in [4.78, 5) is 22.8. The van der Waals surface area contributed by atoms with Gasteiger partial charge in [-0.2, -0.15) is 9.78 Å². The fraction of sp³-hybridized carbons (Fsp3) is 0.0769. The highest BCUT2D eigenvalue weighted by Gasteiger charge is 2.14. The Labute approximate surface area is 179 Å². The van der Waals surface area contributed by atoms with E-state index in [0.29, 0.717) is 16.7 Å². The molecule has 0 saturated carbocycles. The van der Waals surface area contributed by atoms with Gasteiger partial charge in [-0.25, -0.2) is 4.98 Å². The maximum absolute atomic E-state index is 13.5. The first-order chi connectivity index (χ1) is 15.1. The predicted molar refractivity (Wildman–Crippen MR) is 126 cm³/mol. The lowest BCUT2D eigenvalue weighted by Gasteiger charge is -2.11. The van der Waals surface area contributed by atoms with Crippen LogP contribution < -0.4 is 5.56 Å². The van der Waals surface area contributed by atoms with Crippen molar-refractivity contribution in [1.29, 1.82) is 0 Å². The SMILES string of the molecule is Cc1ccc(/C=N/n2c(-c3ccc(C)cc3)nc3c(ccc4ncccc43)c2=O)cc1. The molecule has 5 nitrogen and oxygen atoms in total. The van der Waals surface area contributed by atoms with Crippen LogP contribution in [0.1, 0.15) is 16.7 Å². The van der Waals surface area contributed by atoms with Gasteiger partial charge in [0.25, 0.3) is 5.56 Å². The van der Waals surface area contributed by atoms with E-state index >= 15 is 0 Å². The molecule has 2 aromatic heterocycles. The third-order valence-electron chi connectivity index (χ3n) is 5.31. The van der Waals surface area contributed by atoms with Gasteiger partial charge in [-0.05, 0) is 43.7 Å². The molecule has 5 heteroatoms. The summed E-state index contributed by atoms with van der Waals surface area (Å²) in [6, 6.07) is 23.3. The number of aryl methyl sites for hydroxylation is 2. The van der Waals surface area contributed by atoms with Gasteiger partial charge in [-0.15, -0.1) is 0 Å². The van der Waals surface area contributed by atoms with Gasteiger partial charge in [0.1, 0.15) is 0 Å². The van der Waals surface area contributed by atoms with Crippen LogP contribution in [0, 0.1) is 13.8 Å². The van der Waals surface area contributed by atoms with Gasteiger partial charge in [0.15, 0.2) is 5.82 Å². The van der Waals surface area contributed by atoms with E-state index in [4.69, 9.17) is 4.98 Å². The standard InChI is InChI=1S/C26H20N4O/c1-17-5-9-19(10-6-17)16-28-30-25(20-11-7-18(2)8-12-20)29-24-21-4-3-15-27-23(21)14-13-22(24)26(30)31/h3-16H,1-2H3/b28-16+. The van der Waals surface area contributed by atoms with Crippen molar-refractivity contribution in [2.24, 2.45) is 5.10 Å². The van der Waals surface area contributed by atoms with E-state index < -0.39 is 0 Å². The van der Waals surface area contributed by atoms with Crippen LogP contribution >= 0.6 is 0 Å². The van der Waals surface area contributed by atoms with Crippen molar-refractivity contribution in [3.05, 3.63) is 106 Å². The molecule has 0 aliphatic heterocycles. The molecule has 0 radical (unpaired) electrons. The molecule has 3 aromatic carbocycles.